The summed E-state index contributed by atoms with van der Waals surface area (Å²) in [5, 5.41) is 0. The Balaban J connectivity index is 1.57. The molecule has 0 bridgehead atoms. The standard InChI is InChI=1S/C21H30BrN3O2/c1-3-10-25(16(2)18-6-4-5-7-19(18)22)15-20(26)23-11-13-24(14-12-23)21(27)17-8-9-17/h4-7,16-17H,3,8-15H2,1-2H3. The Bertz CT molecular complexity index is 669. The van der Waals surface area contributed by atoms with Crippen LogP contribution in [0.25, 0.3) is 0 Å². The second-order valence-electron chi connectivity index (χ2n) is 7.65. The molecule has 1 aliphatic heterocycles. The molecule has 1 atom stereocenters. The van der Waals surface area contributed by atoms with Crippen molar-refractivity contribution in [3.05, 3.63) is 34.3 Å². The fourth-order valence-corrected chi connectivity index (χ4v) is 4.36. The number of hydrogen-bond donors (Lipinski definition) is 0. The van der Waals surface area contributed by atoms with Gasteiger partial charge in [-0.1, -0.05) is 41.1 Å². The Morgan fingerprint density at radius 3 is 2.37 bits per heavy atom. The van der Waals surface area contributed by atoms with Crippen molar-refractivity contribution in [1.82, 2.24) is 14.7 Å². The lowest BCUT2D eigenvalue weighted by Gasteiger charge is -2.37. The van der Waals surface area contributed by atoms with Crippen molar-refractivity contribution in [2.24, 2.45) is 5.92 Å². The van der Waals surface area contributed by atoms with E-state index in [4.69, 9.17) is 0 Å². The van der Waals surface area contributed by atoms with Crippen LogP contribution in [0.4, 0.5) is 0 Å². The summed E-state index contributed by atoms with van der Waals surface area (Å²) in [6, 6.07) is 8.39. The van der Waals surface area contributed by atoms with Gasteiger partial charge in [0, 0.05) is 42.6 Å². The third-order valence-corrected chi connectivity index (χ3v) is 6.35. The fourth-order valence-electron chi connectivity index (χ4n) is 3.75. The van der Waals surface area contributed by atoms with E-state index in [0.717, 1.165) is 30.3 Å². The summed E-state index contributed by atoms with van der Waals surface area (Å²) in [7, 11) is 0. The molecule has 0 N–H and O–H groups in total. The molecular formula is C21H30BrN3O2. The maximum absolute atomic E-state index is 12.9. The van der Waals surface area contributed by atoms with E-state index in [-0.39, 0.29) is 23.8 Å². The highest BCUT2D eigenvalue weighted by Gasteiger charge is 2.35. The Labute approximate surface area is 170 Å². The number of piperazine rings is 1. The summed E-state index contributed by atoms with van der Waals surface area (Å²) in [5.41, 5.74) is 1.21. The van der Waals surface area contributed by atoms with Crippen LogP contribution in [0.15, 0.2) is 28.7 Å². The Kier molecular flexibility index (Phi) is 6.93. The third-order valence-electron chi connectivity index (χ3n) is 5.62. The van der Waals surface area contributed by atoms with Gasteiger partial charge >= 0.3 is 0 Å². The monoisotopic (exact) mass is 435 g/mol. The number of carbonyl (C=O) groups is 2. The Morgan fingerprint density at radius 2 is 1.78 bits per heavy atom. The van der Waals surface area contributed by atoms with Gasteiger partial charge in [-0.15, -0.1) is 0 Å². The van der Waals surface area contributed by atoms with E-state index in [0.29, 0.717) is 32.7 Å². The molecule has 1 unspecified atom stereocenters. The van der Waals surface area contributed by atoms with E-state index in [9.17, 15) is 9.59 Å². The maximum atomic E-state index is 12.9. The molecule has 148 valence electrons. The van der Waals surface area contributed by atoms with E-state index in [2.05, 4.69) is 40.7 Å². The van der Waals surface area contributed by atoms with Crippen molar-refractivity contribution in [2.45, 2.75) is 39.2 Å². The molecule has 1 saturated heterocycles. The van der Waals surface area contributed by atoms with Crippen molar-refractivity contribution >= 4 is 27.7 Å². The van der Waals surface area contributed by atoms with Crippen LogP contribution in [0.3, 0.4) is 0 Å². The van der Waals surface area contributed by atoms with Gasteiger partial charge in [0.2, 0.25) is 11.8 Å². The lowest BCUT2D eigenvalue weighted by molar-refractivity contribution is -0.141. The number of amides is 2. The lowest BCUT2D eigenvalue weighted by Crippen LogP contribution is -2.53. The van der Waals surface area contributed by atoms with Gasteiger partial charge < -0.3 is 9.80 Å². The molecular weight excluding hydrogens is 406 g/mol. The molecule has 5 nitrogen and oxygen atoms in total. The van der Waals surface area contributed by atoms with Crippen LogP contribution in [0.5, 0.6) is 0 Å². The highest BCUT2D eigenvalue weighted by molar-refractivity contribution is 9.10. The quantitative estimate of drug-likeness (QED) is 0.659. The predicted molar refractivity (Wildman–Crippen MR) is 110 cm³/mol. The van der Waals surface area contributed by atoms with Gasteiger partial charge in [-0.3, -0.25) is 14.5 Å². The zero-order valence-corrected chi connectivity index (χ0v) is 18.0. The zero-order valence-electron chi connectivity index (χ0n) is 16.4. The highest BCUT2D eigenvalue weighted by Crippen LogP contribution is 2.31. The van der Waals surface area contributed by atoms with Crippen molar-refractivity contribution in [3.8, 4) is 0 Å². The minimum Gasteiger partial charge on any atom is -0.339 e. The summed E-state index contributed by atoms with van der Waals surface area (Å²) in [4.78, 5) is 31.2. The molecule has 0 aromatic heterocycles. The first-order valence-electron chi connectivity index (χ1n) is 10.1. The van der Waals surface area contributed by atoms with Gasteiger partial charge in [0.05, 0.1) is 6.54 Å². The zero-order chi connectivity index (χ0) is 19.4. The molecule has 1 aromatic carbocycles. The molecule has 0 radical (unpaired) electrons. The molecule has 2 amide bonds. The SMILES string of the molecule is CCCN(CC(=O)N1CCN(C(=O)C2CC2)CC1)C(C)c1ccccc1Br. The number of benzene rings is 1. The summed E-state index contributed by atoms with van der Waals surface area (Å²) in [6.45, 7) is 8.27. The molecule has 2 aliphatic rings. The number of carbonyl (C=O) groups excluding carboxylic acids is 2. The third kappa shape index (κ3) is 5.11. The van der Waals surface area contributed by atoms with E-state index < -0.39 is 0 Å². The van der Waals surface area contributed by atoms with Crippen LogP contribution in [0.1, 0.15) is 44.7 Å². The lowest BCUT2D eigenvalue weighted by atomic mass is 10.1. The van der Waals surface area contributed by atoms with E-state index in [1.807, 2.05) is 28.0 Å². The fraction of sp³-hybridized carbons (Fsp3) is 0.619. The Hall–Kier alpha value is -1.40. The van der Waals surface area contributed by atoms with Crippen LogP contribution < -0.4 is 0 Å². The molecule has 1 aromatic rings. The van der Waals surface area contributed by atoms with E-state index in [1.54, 1.807) is 0 Å². The normalized spacial score (nSPS) is 18.7. The molecule has 3 rings (SSSR count). The van der Waals surface area contributed by atoms with Crippen LogP contribution in [0, 0.1) is 5.92 Å². The van der Waals surface area contributed by atoms with Gasteiger partial charge in [0.1, 0.15) is 0 Å². The first-order valence-corrected chi connectivity index (χ1v) is 10.9. The van der Waals surface area contributed by atoms with Gasteiger partial charge in [-0.2, -0.15) is 0 Å². The molecule has 0 spiro atoms. The minimum absolute atomic E-state index is 0.167. The first kappa shape index (κ1) is 20.3. The highest BCUT2D eigenvalue weighted by atomic mass is 79.9. The van der Waals surface area contributed by atoms with Crippen LogP contribution in [0.2, 0.25) is 0 Å². The summed E-state index contributed by atoms with van der Waals surface area (Å²) >= 11 is 3.64. The molecule has 2 fully saturated rings. The molecule has 1 saturated carbocycles. The van der Waals surface area contributed by atoms with Crippen LogP contribution in [-0.4, -0.2) is 65.8 Å². The number of halogens is 1. The molecule has 1 aliphatic carbocycles. The van der Waals surface area contributed by atoms with Gasteiger partial charge in [0.15, 0.2) is 0 Å². The average molecular weight is 436 g/mol. The molecule has 27 heavy (non-hydrogen) atoms. The number of rotatable bonds is 7. The first-order chi connectivity index (χ1) is 13.0. The topological polar surface area (TPSA) is 43.9 Å². The second-order valence-corrected chi connectivity index (χ2v) is 8.50. The largest absolute Gasteiger partial charge is 0.339 e. The van der Waals surface area contributed by atoms with E-state index >= 15 is 0 Å². The van der Waals surface area contributed by atoms with Crippen molar-refractivity contribution in [2.75, 3.05) is 39.3 Å². The summed E-state index contributed by atoms with van der Waals surface area (Å²) in [6.07, 6.45) is 3.08. The van der Waals surface area contributed by atoms with Crippen LogP contribution >= 0.6 is 15.9 Å². The Morgan fingerprint density at radius 1 is 1.15 bits per heavy atom. The van der Waals surface area contributed by atoms with Crippen molar-refractivity contribution in [3.63, 3.8) is 0 Å². The van der Waals surface area contributed by atoms with Gasteiger partial charge in [-0.05, 0) is 44.4 Å². The average Bonchev–Trinajstić information content (AvgIpc) is 3.52. The van der Waals surface area contributed by atoms with Crippen molar-refractivity contribution in [1.29, 1.82) is 0 Å². The number of hydrogen-bond acceptors (Lipinski definition) is 3. The maximum Gasteiger partial charge on any atom is 0.236 e. The van der Waals surface area contributed by atoms with Gasteiger partial charge in [0.25, 0.3) is 0 Å². The summed E-state index contributed by atoms with van der Waals surface area (Å²) in [5.74, 6) is 0.718. The smallest absolute Gasteiger partial charge is 0.236 e. The van der Waals surface area contributed by atoms with E-state index in [1.165, 1.54) is 5.56 Å². The molecule has 6 heteroatoms. The second kappa shape index (κ2) is 9.20. The van der Waals surface area contributed by atoms with Crippen LogP contribution in [-0.2, 0) is 9.59 Å². The predicted octanol–water partition coefficient (Wildman–Crippen LogP) is 3.30. The van der Waals surface area contributed by atoms with Gasteiger partial charge in [-0.25, -0.2) is 0 Å². The van der Waals surface area contributed by atoms with Crippen molar-refractivity contribution < 1.29 is 9.59 Å². The summed E-state index contributed by atoms with van der Waals surface area (Å²) < 4.78 is 1.08. The molecule has 1 heterocycles. The number of nitrogens with zero attached hydrogens (tertiary/aromatic N) is 3. The minimum atomic E-state index is 0.167.